The second kappa shape index (κ2) is 7.77. The third-order valence-electron chi connectivity index (χ3n) is 5.19. The molecular formula is C23H28N2O. The van der Waals surface area contributed by atoms with Crippen molar-refractivity contribution in [2.45, 2.75) is 45.6 Å². The number of benzene rings is 2. The SMILES string of the molecule is CC[C@@H](C)NC(=O)C[C@@H](c1ccc(C)cc1)c1cn(C)c2ccccc12. The van der Waals surface area contributed by atoms with E-state index in [1.54, 1.807) is 0 Å². The van der Waals surface area contributed by atoms with Gasteiger partial charge in [-0.25, -0.2) is 0 Å². The number of aryl methyl sites for hydroxylation is 2. The molecule has 3 rings (SSSR count). The van der Waals surface area contributed by atoms with Crippen LogP contribution in [0.5, 0.6) is 0 Å². The van der Waals surface area contributed by atoms with Crippen molar-refractivity contribution in [2.75, 3.05) is 0 Å². The quantitative estimate of drug-likeness (QED) is 0.674. The van der Waals surface area contributed by atoms with Gasteiger partial charge in [0.05, 0.1) is 0 Å². The Labute approximate surface area is 156 Å². The summed E-state index contributed by atoms with van der Waals surface area (Å²) in [5.41, 5.74) is 4.83. The Kier molecular flexibility index (Phi) is 5.46. The summed E-state index contributed by atoms with van der Waals surface area (Å²) in [6.07, 6.45) is 3.57. The number of hydrogen-bond acceptors (Lipinski definition) is 1. The summed E-state index contributed by atoms with van der Waals surface area (Å²) in [7, 11) is 2.07. The molecule has 2 aromatic carbocycles. The minimum absolute atomic E-state index is 0.0470. The van der Waals surface area contributed by atoms with Crippen LogP contribution < -0.4 is 5.32 Å². The lowest BCUT2D eigenvalue weighted by Crippen LogP contribution is -2.33. The molecule has 3 aromatic rings. The summed E-state index contributed by atoms with van der Waals surface area (Å²) < 4.78 is 2.15. The molecule has 1 N–H and O–H groups in total. The van der Waals surface area contributed by atoms with Crippen LogP contribution in [0.3, 0.4) is 0 Å². The number of nitrogens with zero attached hydrogens (tertiary/aromatic N) is 1. The van der Waals surface area contributed by atoms with E-state index in [4.69, 9.17) is 0 Å². The molecule has 136 valence electrons. The molecule has 1 heterocycles. The average molecular weight is 348 g/mol. The molecule has 0 spiro atoms. The van der Waals surface area contributed by atoms with Crippen LogP contribution in [0, 0.1) is 6.92 Å². The minimum Gasteiger partial charge on any atom is -0.354 e. The highest BCUT2D eigenvalue weighted by Gasteiger charge is 2.22. The minimum atomic E-state index is 0.0470. The van der Waals surface area contributed by atoms with Crippen LogP contribution in [0.25, 0.3) is 10.9 Å². The molecule has 0 fully saturated rings. The highest BCUT2D eigenvalue weighted by atomic mass is 16.1. The Morgan fingerprint density at radius 3 is 2.50 bits per heavy atom. The van der Waals surface area contributed by atoms with Crippen LogP contribution in [0.4, 0.5) is 0 Å². The molecule has 3 heteroatoms. The normalized spacial score (nSPS) is 13.5. The molecule has 2 atom stereocenters. The number of para-hydroxylation sites is 1. The van der Waals surface area contributed by atoms with Gasteiger partial charge in [-0.15, -0.1) is 0 Å². The number of aromatic nitrogens is 1. The second-order valence-electron chi connectivity index (χ2n) is 7.26. The first-order chi connectivity index (χ1) is 12.5. The second-order valence-corrected chi connectivity index (χ2v) is 7.26. The molecule has 0 bridgehead atoms. The third-order valence-corrected chi connectivity index (χ3v) is 5.19. The van der Waals surface area contributed by atoms with Gasteiger partial charge in [0.1, 0.15) is 0 Å². The number of rotatable bonds is 6. The van der Waals surface area contributed by atoms with Gasteiger partial charge in [0.15, 0.2) is 0 Å². The van der Waals surface area contributed by atoms with Gasteiger partial charge < -0.3 is 9.88 Å². The molecule has 3 nitrogen and oxygen atoms in total. The van der Waals surface area contributed by atoms with Crippen LogP contribution in [-0.4, -0.2) is 16.5 Å². The average Bonchev–Trinajstić information content (AvgIpc) is 2.97. The fraction of sp³-hybridized carbons (Fsp3) is 0.348. The van der Waals surface area contributed by atoms with Crippen molar-refractivity contribution in [1.29, 1.82) is 0 Å². The maximum Gasteiger partial charge on any atom is 0.221 e. The lowest BCUT2D eigenvalue weighted by Gasteiger charge is -2.19. The van der Waals surface area contributed by atoms with Crippen molar-refractivity contribution >= 4 is 16.8 Å². The molecule has 1 aromatic heterocycles. The first-order valence-corrected chi connectivity index (χ1v) is 9.39. The number of hydrogen-bond donors (Lipinski definition) is 1. The van der Waals surface area contributed by atoms with E-state index in [1.807, 2.05) is 0 Å². The van der Waals surface area contributed by atoms with E-state index in [0.717, 1.165) is 6.42 Å². The smallest absolute Gasteiger partial charge is 0.221 e. The summed E-state index contributed by atoms with van der Waals surface area (Å²) in [5.74, 6) is 0.156. The van der Waals surface area contributed by atoms with Gasteiger partial charge in [-0.2, -0.15) is 0 Å². The molecule has 0 aliphatic rings. The molecule has 0 aliphatic carbocycles. The van der Waals surface area contributed by atoms with Crippen molar-refractivity contribution < 1.29 is 4.79 Å². The highest BCUT2D eigenvalue weighted by Crippen LogP contribution is 2.34. The molecule has 0 unspecified atom stereocenters. The van der Waals surface area contributed by atoms with Crippen molar-refractivity contribution in [3.8, 4) is 0 Å². The number of nitrogens with one attached hydrogen (secondary N) is 1. The fourth-order valence-corrected chi connectivity index (χ4v) is 3.48. The number of carbonyl (C=O) groups excluding carboxylic acids is 1. The summed E-state index contributed by atoms with van der Waals surface area (Å²) in [6.45, 7) is 6.23. The van der Waals surface area contributed by atoms with E-state index in [1.165, 1.54) is 27.6 Å². The summed E-state index contributed by atoms with van der Waals surface area (Å²) in [4.78, 5) is 12.7. The third kappa shape index (κ3) is 3.82. The van der Waals surface area contributed by atoms with Gasteiger partial charge in [0, 0.05) is 42.5 Å². The largest absolute Gasteiger partial charge is 0.354 e. The van der Waals surface area contributed by atoms with Crippen molar-refractivity contribution in [1.82, 2.24) is 9.88 Å². The van der Waals surface area contributed by atoms with E-state index in [0.29, 0.717) is 6.42 Å². The predicted octanol–water partition coefficient (Wildman–Crippen LogP) is 4.92. The van der Waals surface area contributed by atoms with Gasteiger partial charge >= 0.3 is 0 Å². The van der Waals surface area contributed by atoms with Gasteiger partial charge in [0.2, 0.25) is 5.91 Å². The molecule has 1 amide bonds. The molecule has 0 aliphatic heterocycles. The predicted molar refractivity (Wildman–Crippen MR) is 108 cm³/mol. The van der Waals surface area contributed by atoms with E-state index in [2.05, 4.69) is 92.4 Å². The zero-order valence-electron chi connectivity index (χ0n) is 16.1. The van der Waals surface area contributed by atoms with Gasteiger partial charge in [-0.1, -0.05) is 55.0 Å². The van der Waals surface area contributed by atoms with Gasteiger partial charge in [-0.3, -0.25) is 4.79 Å². The van der Waals surface area contributed by atoms with Crippen LogP contribution in [-0.2, 0) is 11.8 Å². The zero-order valence-corrected chi connectivity index (χ0v) is 16.1. The molecule has 26 heavy (non-hydrogen) atoms. The Morgan fingerprint density at radius 1 is 1.12 bits per heavy atom. The molecular weight excluding hydrogens is 320 g/mol. The topological polar surface area (TPSA) is 34.0 Å². The standard InChI is InChI=1S/C23H28N2O/c1-5-17(3)24-23(26)14-20(18-12-10-16(2)11-13-18)21-15-25(4)22-9-7-6-8-19(21)22/h6-13,15,17,20H,5,14H2,1-4H3,(H,24,26)/t17-,20+/m1/s1. The summed E-state index contributed by atoms with van der Waals surface area (Å²) in [6, 6.07) is 17.2. The van der Waals surface area contributed by atoms with Crippen LogP contribution >= 0.6 is 0 Å². The molecule has 0 saturated heterocycles. The Bertz CT molecular complexity index is 892. The van der Waals surface area contributed by atoms with E-state index < -0.39 is 0 Å². The Morgan fingerprint density at radius 2 is 1.81 bits per heavy atom. The fourth-order valence-electron chi connectivity index (χ4n) is 3.48. The lowest BCUT2D eigenvalue weighted by atomic mass is 9.87. The monoisotopic (exact) mass is 348 g/mol. The highest BCUT2D eigenvalue weighted by molar-refractivity contribution is 5.86. The van der Waals surface area contributed by atoms with E-state index in [9.17, 15) is 4.79 Å². The van der Waals surface area contributed by atoms with E-state index in [-0.39, 0.29) is 17.9 Å². The van der Waals surface area contributed by atoms with Crippen LogP contribution in [0.1, 0.15) is 49.3 Å². The summed E-state index contributed by atoms with van der Waals surface area (Å²) >= 11 is 0. The lowest BCUT2D eigenvalue weighted by molar-refractivity contribution is -0.121. The van der Waals surface area contributed by atoms with Gasteiger partial charge in [-0.05, 0) is 37.5 Å². The summed E-state index contributed by atoms with van der Waals surface area (Å²) in [5, 5.41) is 4.34. The van der Waals surface area contributed by atoms with Crippen molar-refractivity contribution in [2.24, 2.45) is 7.05 Å². The van der Waals surface area contributed by atoms with Crippen LogP contribution in [0.15, 0.2) is 54.7 Å². The number of fused-ring (bicyclic) bond motifs is 1. The maximum atomic E-state index is 12.7. The van der Waals surface area contributed by atoms with Crippen molar-refractivity contribution in [3.63, 3.8) is 0 Å². The first-order valence-electron chi connectivity index (χ1n) is 9.39. The Hall–Kier alpha value is -2.55. The maximum absolute atomic E-state index is 12.7. The Balaban J connectivity index is 2.02. The molecule has 0 saturated carbocycles. The first kappa shape index (κ1) is 18.2. The van der Waals surface area contributed by atoms with E-state index >= 15 is 0 Å². The van der Waals surface area contributed by atoms with Gasteiger partial charge in [0.25, 0.3) is 0 Å². The number of amides is 1. The number of carbonyl (C=O) groups is 1. The van der Waals surface area contributed by atoms with Crippen molar-refractivity contribution in [3.05, 3.63) is 71.4 Å². The zero-order chi connectivity index (χ0) is 18.7. The van der Waals surface area contributed by atoms with Crippen LogP contribution in [0.2, 0.25) is 0 Å². The molecule has 0 radical (unpaired) electrons.